The largest absolute Gasteiger partial charge is 0.494 e. The van der Waals surface area contributed by atoms with Gasteiger partial charge in [0, 0.05) is 6.42 Å². The van der Waals surface area contributed by atoms with Crippen LogP contribution in [0.5, 0.6) is 11.5 Å². The van der Waals surface area contributed by atoms with Gasteiger partial charge in [0.05, 0.1) is 11.9 Å². The lowest BCUT2D eigenvalue weighted by Crippen LogP contribution is -2.05. The molecule has 21 heavy (non-hydrogen) atoms. The van der Waals surface area contributed by atoms with Crippen molar-refractivity contribution in [1.29, 1.82) is 0 Å². The van der Waals surface area contributed by atoms with Crippen molar-refractivity contribution in [3.8, 4) is 11.5 Å². The van der Waals surface area contributed by atoms with Gasteiger partial charge in [-0.15, -0.1) is 0 Å². The molecule has 0 fully saturated rings. The van der Waals surface area contributed by atoms with Gasteiger partial charge in [0.25, 0.3) is 0 Å². The second-order valence-corrected chi connectivity index (χ2v) is 6.17. The Hall–Kier alpha value is -1.55. The Morgan fingerprint density at radius 1 is 1.24 bits per heavy atom. The highest BCUT2D eigenvalue weighted by atomic mass is 79.9. The Morgan fingerprint density at radius 2 is 1.95 bits per heavy atom. The molecular formula is C17H16BrFO2. The maximum absolute atomic E-state index is 13.5. The van der Waals surface area contributed by atoms with Crippen LogP contribution in [0.2, 0.25) is 0 Å². The number of hydrogen-bond acceptors (Lipinski definition) is 2. The fourth-order valence-corrected chi connectivity index (χ4v) is 3.20. The van der Waals surface area contributed by atoms with Crippen LogP contribution in [0.4, 0.5) is 4.39 Å². The molecule has 1 aliphatic heterocycles. The van der Waals surface area contributed by atoms with Crippen molar-refractivity contribution in [2.45, 2.75) is 24.3 Å². The average molecular weight is 351 g/mol. The SMILES string of the molecule is COc1cc(C(Br)c2ccc3c(c2)CC(C)O3)ccc1F. The van der Waals surface area contributed by atoms with E-state index in [9.17, 15) is 4.39 Å². The third kappa shape index (κ3) is 2.77. The van der Waals surface area contributed by atoms with Crippen LogP contribution >= 0.6 is 15.9 Å². The zero-order valence-electron chi connectivity index (χ0n) is 11.9. The summed E-state index contributed by atoms with van der Waals surface area (Å²) in [6.45, 7) is 2.07. The predicted molar refractivity (Wildman–Crippen MR) is 84.0 cm³/mol. The first-order valence-corrected chi connectivity index (χ1v) is 7.77. The van der Waals surface area contributed by atoms with Crippen molar-refractivity contribution >= 4 is 15.9 Å². The number of rotatable bonds is 3. The molecule has 2 unspecified atom stereocenters. The molecule has 4 heteroatoms. The number of hydrogen-bond donors (Lipinski definition) is 0. The number of halogens is 2. The quantitative estimate of drug-likeness (QED) is 0.750. The van der Waals surface area contributed by atoms with Gasteiger partial charge in [-0.3, -0.25) is 0 Å². The molecule has 0 amide bonds. The lowest BCUT2D eigenvalue weighted by atomic mass is 10.0. The maximum atomic E-state index is 13.5. The van der Waals surface area contributed by atoms with Crippen LogP contribution in [0, 0.1) is 5.82 Å². The van der Waals surface area contributed by atoms with E-state index in [-0.39, 0.29) is 22.5 Å². The molecule has 0 spiro atoms. The van der Waals surface area contributed by atoms with E-state index < -0.39 is 0 Å². The Balaban J connectivity index is 1.92. The van der Waals surface area contributed by atoms with E-state index in [2.05, 4.69) is 28.9 Å². The molecule has 110 valence electrons. The van der Waals surface area contributed by atoms with Crippen LogP contribution < -0.4 is 9.47 Å². The van der Waals surface area contributed by atoms with E-state index in [0.29, 0.717) is 0 Å². The molecule has 0 aliphatic carbocycles. The predicted octanol–water partition coefficient (Wildman–Crippen LogP) is 4.64. The molecule has 0 saturated heterocycles. The van der Waals surface area contributed by atoms with E-state index in [0.717, 1.165) is 23.3 Å². The Labute approximate surface area is 132 Å². The molecule has 0 saturated carbocycles. The van der Waals surface area contributed by atoms with Crippen LogP contribution in [0.1, 0.15) is 28.4 Å². The molecule has 2 aromatic carbocycles. The minimum absolute atomic E-state index is 0.00629. The van der Waals surface area contributed by atoms with Crippen molar-refractivity contribution in [3.05, 3.63) is 58.9 Å². The highest BCUT2D eigenvalue weighted by Crippen LogP contribution is 2.37. The molecule has 1 aliphatic rings. The van der Waals surface area contributed by atoms with Gasteiger partial charge in [-0.1, -0.05) is 34.1 Å². The van der Waals surface area contributed by atoms with Crippen molar-refractivity contribution < 1.29 is 13.9 Å². The van der Waals surface area contributed by atoms with Crippen LogP contribution in [-0.2, 0) is 6.42 Å². The van der Waals surface area contributed by atoms with Gasteiger partial charge in [0.1, 0.15) is 11.9 Å². The smallest absolute Gasteiger partial charge is 0.165 e. The fraction of sp³-hybridized carbons (Fsp3) is 0.294. The topological polar surface area (TPSA) is 18.5 Å². The molecule has 3 rings (SSSR count). The van der Waals surface area contributed by atoms with E-state index in [1.54, 1.807) is 12.1 Å². The summed E-state index contributed by atoms with van der Waals surface area (Å²) >= 11 is 3.69. The molecule has 2 aromatic rings. The van der Waals surface area contributed by atoms with Gasteiger partial charge in [0.2, 0.25) is 0 Å². The average Bonchev–Trinajstić information content (AvgIpc) is 2.86. The van der Waals surface area contributed by atoms with E-state index in [1.807, 2.05) is 12.1 Å². The molecule has 2 atom stereocenters. The first-order chi connectivity index (χ1) is 10.1. The Kier molecular flexibility index (Phi) is 3.89. The van der Waals surface area contributed by atoms with Crippen molar-refractivity contribution in [3.63, 3.8) is 0 Å². The van der Waals surface area contributed by atoms with E-state index >= 15 is 0 Å². The third-order valence-electron chi connectivity index (χ3n) is 3.68. The standard InChI is InChI=1S/C17H16BrFO2/c1-10-7-13-8-11(4-6-15(13)21-10)17(18)12-3-5-14(19)16(9-12)20-2/h3-6,8-10,17H,7H2,1-2H3. The van der Waals surface area contributed by atoms with Gasteiger partial charge < -0.3 is 9.47 Å². The molecule has 0 N–H and O–H groups in total. The van der Waals surface area contributed by atoms with Crippen molar-refractivity contribution in [1.82, 2.24) is 0 Å². The summed E-state index contributed by atoms with van der Waals surface area (Å²) in [7, 11) is 1.47. The second kappa shape index (κ2) is 5.68. The summed E-state index contributed by atoms with van der Waals surface area (Å²) in [5, 5.41) is 0. The first kappa shape index (κ1) is 14.4. The molecule has 0 aromatic heterocycles. The maximum Gasteiger partial charge on any atom is 0.165 e. The van der Waals surface area contributed by atoms with Crippen molar-refractivity contribution in [2.75, 3.05) is 7.11 Å². The molecule has 0 radical (unpaired) electrons. The van der Waals surface area contributed by atoms with Gasteiger partial charge in [-0.25, -0.2) is 4.39 Å². The van der Waals surface area contributed by atoms with Gasteiger partial charge in [-0.05, 0) is 41.8 Å². The number of methoxy groups -OCH3 is 1. The molecule has 1 heterocycles. The Bertz CT molecular complexity index is 672. The van der Waals surface area contributed by atoms with Gasteiger partial charge >= 0.3 is 0 Å². The fourth-order valence-electron chi connectivity index (χ4n) is 2.63. The summed E-state index contributed by atoms with van der Waals surface area (Å²) in [5.74, 6) is 0.870. The summed E-state index contributed by atoms with van der Waals surface area (Å²) in [6.07, 6.45) is 1.16. The highest BCUT2D eigenvalue weighted by Gasteiger charge is 2.21. The van der Waals surface area contributed by atoms with Crippen LogP contribution in [0.25, 0.3) is 0 Å². The normalized spacial score (nSPS) is 18.0. The lowest BCUT2D eigenvalue weighted by molar-refractivity contribution is 0.254. The molecular weight excluding hydrogens is 335 g/mol. The summed E-state index contributed by atoms with van der Waals surface area (Å²) in [4.78, 5) is -0.00629. The number of benzene rings is 2. The first-order valence-electron chi connectivity index (χ1n) is 6.85. The molecule has 0 bridgehead atoms. The van der Waals surface area contributed by atoms with Crippen LogP contribution in [0.15, 0.2) is 36.4 Å². The van der Waals surface area contributed by atoms with E-state index in [4.69, 9.17) is 9.47 Å². The number of fused-ring (bicyclic) bond motifs is 1. The monoisotopic (exact) mass is 350 g/mol. The summed E-state index contributed by atoms with van der Waals surface area (Å²) < 4.78 is 24.3. The van der Waals surface area contributed by atoms with Crippen molar-refractivity contribution in [2.24, 2.45) is 0 Å². The third-order valence-corrected chi connectivity index (χ3v) is 4.74. The van der Waals surface area contributed by atoms with E-state index in [1.165, 1.54) is 18.7 Å². The zero-order chi connectivity index (χ0) is 15.0. The van der Waals surface area contributed by atoms with Crippen LogP contribution in [0.3, 0.4) is 0 Å². The second-order valence-electron chi connectivity index (χ2n) is 5.26. The van der Waals surface area contributed by atoms with Gasteiger partial charge in [0.15, 0.2) is 11.6 Å². The molecule has 2 nitrogen and oxygen atoms in total. The lowest BCUT2D eigenvalue weighted by Gasteiger charge is -2.13. The van der Waals surface area contributed by atoms with Crippen LogP contribution in [-0.4, -0.2) is 13.2 Å². The van der Waals surface area contributed by atoms with Gasteiger partial charge in [-0.2, -0.15) is 0 Å². The summed E-state index contributed by atoms with van der Waals surface area (Å²) in [6, 6.07) is 11.1. The minimum atomic E-state index is -0.350. The number of alkyl halides is 1. The minimum Gasteiger partial charge on any atom is -0.494 e. The number of ether oxygens (including phenoxy) is 2. The zero-order valence-corrected chi connectivity index (χ0v) is 13.5. The highest BCUT2D eigenvalue weighted by molar-refractivity contribution is 9.09. The Morgan fingerprint density at radius 3 is 2.71 bits per heavy atom. The summed E-state index contributed by atoms with van der Waals surface area (Å²) in [5.41, 5.74) is 3.30.